The molecule has 0 radical (unpaired) electrons. The maximum atomic E-state index is 11.3. The van der Waals surface area contributed by atoms with Crippen LogP contribution in [0.1, 0.15) is 30.4 Å². The molecule has 0 aromatic heterocycles. The Hall–Kier alpha value is -1.55. The number of rotatable bonds is 4. The van der Waals surface area contributed by atoms with Crippen molar-refractivity contribution in [3.8, 4) is 5.75 Å². The summed E-state index contributed by atoms with van der Waals surface area (Å²) >= 11 is 0. The van der Waals surface area contributed by atoms with Crippen LogP contribution in [0, 0.1) is 0 Å². The summed E-state index contributed by atoms with van der Waals surface area (Å²) in [5.41, 5.74) is 1.94. The lowest BCUT2D eigenvalue weighted by atomic mass is 9.73. The number of hydrogen-bond donors (Lipinski definition) is 1. The average Bonchev–Trinajstić information content (AvgIpc) is 2.37. The van der Waals surface area contributed by atoms with Gasteiger partial charge in [0.25, 0.3) is 0 Å². The van der Waals surface area contributed by atoms with Crippen molar-refractivity contribution in [2.45, 2.75) is 31.2 Å². The van der Waals surface area contributed by atoms with Crippen LogP contribution in [-0.2, 0) is 16.8 Å². The summed E-state index contributed by atoms with van der Waals surface area (Å²) in [5, 5.41) is 9.25. The fraction of sp³-hybridized carbons (Fsp3) is 0.533. The Kier molecular flexibility index (Phi) is 3.80. The first kappa shape index (κ1) is 13.9. The van der Waals surface area contributed by atoms with Crippen LogP contribution >= 0.6 is 0 Å². The number of methoxy groups -OCH3 is 1. The minimum absolute atomic E-state index is 0.138. The van der Waals surface area contributed by atoms with E-state index in [9.17, 15) is 9.90 Å². The zero-order valence-electron chi connectivity index (χ0n) is 11.8. The molecular weight excluding hydrogens is 242 g/mol. The highest BCUT2D eigenvalue weighted by molar-refractivity contribution is 5.69. The Morgan fingerprint density at radius 1 is 1.47 bits per heavy atom. The molecule has 0 fully saturated rings. The Morgan fingerprint density at radius 2 is 2.21 bits per heavy atom. The summed E-state index contributed by atoms with van der Waals surface area (Å²) in [6, 6.07) is 5.98. The summed E-state index contributed by atoms with van der Waals surface area (Å²) in [6.07, 6.45) is 3.01. The molecule has 0 aliphatic heterocycles. The molecule has 1 aromatic carbocycles. The second-order valence-electron chi connectivity index (χ2n) is 5.37. The zero-order valence-corrected chi connectivity index (χ0v) is 11.8. The molecule has 0 bridgehead atoms. The highest BCUT2D eigenvalue weighted by atomic mass is 16.5. The van der Waals surface area contributed by atoms with E-state index in [2.05, 4.69) is 0 Å². The number of hydrogen-bond acceptors (Lipinski definition) is 3. The monoisotopic (exact) mass is 263 g/mol. The lowest BCUT2D eigenvalue weighted by molar-refractivity contribution is -0.140. The van der Waals surface area contributed by atoms with E-state index in [0.29, 0.717) is 0 Å². The van der Waals surface area contributed by atoms with Crippen LogP contribution in [0.2, 0.25) is 0 Å². The van der Waals surface area contributed by atoms with Crippen molar-refractivity contribution in [3.05, 3.63) is 29.3 Å². The normalized spacial score (nSPS) is 22.1. The molecule has 0 saturated carbocycles. The van der Waals surface area contributed by atoms with Gasteiger partial charge in [-0.1, -0.05) is 6.07 Å². The second kappa shape index (κ2) is 5.21. The summed E-state index contributed by atoms with van der Waals surface area (Å²) in [6.45, 7) is 0. The largest absolute Gasteiger partial charge is 0.497 e. The van der Waals surface area contributed by atoms with Crippen LogP contribution in [0.15, 0.2) is 18.2 Å². The number of fused-ring (bicyclic) bond motifs is 1. The van der Waals surface area contributed by atoms with Gasteiger partial charge < -0.3 is 9.84 Å². The molecule has 19 heavy (non-hydrogen) atoms. The topological polar surface area (TPSA) is 49.8 Å². The first-order chi connectivity index (χ1) is 8.99. The van der Waals surface area contributed by atoms with Crippen LogP contribution in [0.5, 0.6) is 5.75 Å². The number of aryl methyl sites for hydroxylation is 1. The molecule has 0 saturated heterocycles. The van der Waals surface area contributed by atoms with Crippen LogP contribution in [0.4, 0.5) is 0 Å². The van der Waals surface area contributed by atoms with Gasteiger partial charge in [0.05, 0.1) is 19.1 Å². The van der Waals surface area contributed by atoms with Gasteiger partial charge in [-0.25, -0.2) is 0 Å². The van der Waals surface area contributed by atoms with E-state index in [-0.39, 0.29) is 6.42 Å². The van der Waals surface area contributed by atoms with Crippen LogP contribution in [0.25, 0.3) is 0 Å². The molecule has 0 amide bonds. The molecule has 0 heterocycles. The highest BCUT2D eigenvalue weighted by Gasteiger charge is 2.40. The molecule has 1 N–H and O–H groups in total. The zero-order chi connectivity index (χ0) is 14.0. The van der Waals surface area contributed by atoms with Gasteiger partial charge in [0.15, 0.2) is 0 Å². The number of ether oxygens (including phenoxy) is 1. The quantitative estimate of drug-likeness (QED) is 0.905. The number of carboxylic acids is 1. The van der Waals surface area contributed by atoms with Crippen molar-refractivity contribution in [2.24, 2.45) is 0 Å². The maximum absolute atomic E-state index is 11.3. The van der Waals surface area contributed by atoms with Crippen molar-refractivity contribution in [2.75, 3.05) is 21.2 Å². The van der Waals surface area contributed by atoms with Gasteiger partial charge in [0, 0.05) is 0 Å². The average molecular weight is 263 g/mol. The van der Waals surface area contributed by atoms with E-state index in [1.807, 2.05) is 37.2 Å². The van der Waals surface area contributed by atoms with E-state index in [1.165, 1.54) is 5.56 Å². The number of carboxylic acid groups (broad SMARTS) is 1. The lowest BCUT2D eigenvalue weighted by Crippen LogP contribution is -2.45. The third kappa shape index (κ3) is 2.45. The molecule has 1 aromatic rings. The highest BCUT2D eigenvalue weighted by Crippen LogP contribution is 2.42. The number of nitrogens with zero attached hydrogens (tertiary/aromatic N) is 1. The van der Waals surface area contributed by atoms with Gasteiger partial charge in [-0.2, -0.15) is 0 Å². The number of carbonyl (C=O) groups is 1. The number of benzene rings is 1. The van der Waals surface area contributed by atoms with Crippen molar-refractivity contribution in [1.82, 2.24) is 4.90 Å². The SMILES string of the molecule is COc1ccc2c(c1)CCCC2(CC(=O)O)N(C)C. The molecule has 104 valence electrons. The fourth-order valence-corrected chi connectivity index (χ4v) is 3.12. The van der Waals surface area contributed by atoms with E-state index < -0.39 is 11.5 Å². The van der Waals surface area contributed by atoms with Gasteiger partial charge in [0.1, 0.15) is 5.75 Å². The third-order valence-electron chi connectivity index (χ3n) is 4.15. The smallest absolute Gasteiger partial charge is 0.305 e. The van der Waals surface area contributed by atoms with Crippen molar-refractivity contribution >= 4 is 5.97 Å². The predicted molar refractivity (Wildman–Crippen MR) is 73.5 cm³/mol. The van der Waals surface area contributed by atoms with Crippen molar-refractivity contribution in [1.29, 1.82) is 0 Å². The lowest BCUT2D eigenvalue weighted by Gasteiger charge is -2.43. The number of aliphatic carboxylic acids is 1. The molecule has 1 unspecified atom stereocenters. The molecule has 1 atom stereocenters. The Balaban J connectivity index is 2.51. The Labute approximate surface area is 114 Å². The second-order valence-corrected chi connectivity index (χ2v) is 5.37. The Morgan fingerprint density at radius 3 is 2.79 bits per heavy atom. The van der Waals surface area contributed by atoms with E-state index in [4.69, 9.17) is 4.74 Å². The molecule has 0 spiro atoms. The first-order valence-electron chi connectivity index (χ1n) is 6.56. The van der Waals surface area contributed by atoms with Crippen LogP contribution < -0.4 is 4.74 Å². The standard InChI is InChI=1S/C15H21NO3/c1-16(2)15(10-14(17)18)8-4-5-11-9-12(19-3)6-7-13(11)15/h6-7,9H,4-5,8,10H2,1-3H3,(H,17,18). The summed E-state index contributed by atoms with van der Waals surface area (Å²) in [7, 11) is 5.57. The van der Waals surface area contributed by atoms with E-state index in [1.54, 1.807) is 7.11 Å². The third-order valence-corrected chi connectivity index (χ3v) is 4.15. The van der Waals surface area contributed by atoms with Gasteiger partial charge >= 0.3 is 5.97 Å². The van der Waals surface area contributed by atoms with Crippen molar-refractivity contribution in [3.63, 3.8) is 0 Å². The summed E-state index contributed by atoms with van der Waals surface area (Å²) in [5.74, 6) is 0.0843. The first-order valence-corrected chi connectivity index (χ1v) is 6.56. The fourth-order valence-electron chi connectivity index (χ4n) is 3.12. The predicted octanol–water partition coefficient (Wildman–Crippen LogP) is 2.26. The molecule has 1 aliphatic carbocycles. The van der Waals surface area contributed by atoms with Gasteiger partial charge in [-0.3, -0.25) is 9.69 Å². The molecule has 1 aliphatic rings. The van der Waals surface area contributed by atoms with Crippen LogP contribution in [-0.4, -0.2) is 37.2 Å². The molecule has 4 heteroatoms. The summed E-state index contributed by atoms with van der Waals surface area (Å²) in [4.78, 5) is 13.3. The molecule has 2 rings (SSSR count). The Bertz CT molecular complexity index is 484. The minimum atomic E-state index is -0.752. The van der Waals surface area contributed by atoms with E-state index in [0.717, 1.165) is 30.6 Å². The van der Waals surface area contributed by atoms with Crippen molar-refractivity contribution < 1.29 is 14.6 Å². The van der Waals surface area contributed by atoms with E-state index >= 15 is 0 Å². The van der Waals surface area contributed by atoms with Gasteiger partial charge in [-0.15, -0.1) is 0 Å². The molecule has 4 nitrogen and oxygen atoms in total. The van der Waals surface area contributed by atoms with Crippen LogP contribution in [0.3, 0.4) is 0 Å². The minimum Gasteiger partial charge on any atom is -0.497 e. The van der Waals surface area contributed by atoms with Gasteiger partial charge in [-0.05, 0) is 56.6 Å². The molecular formula is C15H21NO3. The van der Waals surface area contributed by atoms with Gasteiger partial charge in [0.2, 0.25) is 0 Å². The maximum Gasteiger partial charge on any atom is 0.305 e. The summed E-state index contributed by atoms with van der Waals surface area (Å²) < 4.78 is 5.26.